The van der Waals surface area contributed by atoms with E-state index < -0.39 is 5.60 Å². The van der Waals surface area contributed by atoms with Crippen molar-refractivity contribution in [1.82, 2.24) is 0 Å². The van der Waals surface area contributed by atoms with Crippen molar-refractivity contribution in [2.24, 2.45) is 5.41 Å². The van der Waals surface area contributed by atoms with Crippen LogP contribution in [0.1, 0.15) is 87.5 Å². The lowest BCUT2D eigenvalue weighted by atomic mass is 9.82. The molecule has 0 saturated carbocycles. The third kappa shape index (κ3) is 5.79. The molecule has 1 atom stereocenters. The molecule has 1 N–H and O–H groups in total. The normalized spacial score (nSPS) is 16.2. The number of nitrogens with zero attached hydrogens (tertiary/aromatic N) is 1. The predicted molar refractivity (Wildman–Crippen MR) is 156 cm³/mol. The van der Waals surface area contributed by atoms with Crippen molar-refractivity contribution >= 4 is 34.6 Å². The van der Waals surface area contributed by atoms with Crippen LogP contribution in [0.4, 0.5) is 11.6 Å². The number of carbonyl (C=O) groups is 1. The maximum Gasteiger partial charge on any atom is 0.340 e. The lowest BCUT2D eigenvalue weighted by molar-refractivity contribution is 0.00706. The number of hydrogen-bond donors (Lipinski definition) is 1. The molecule has 1 unspecified atom stereocenters. The zero-order valence-corrected chi connectivity index (χ0v) is 23.7. The molecule has 2 aromatic carbocycles. The Morgan fingerprint density at radius 3 is 2.47 bits per heavy atom. The van der Waals surface area contributed by atoms with E-state index in [1.54, 1.807) is 12.1 Å². The summed E-state index contributed by atoms with van der Waals surface area (Å²) in [4.78, 5) is 28.8. The summed E-state index contributed by atoms with van der Waals surface area (Å²) in [7, 11) is 0. The van der Waals surface area contributed by atoms with E-state index in [4.69, 9.17) is 9.15 Å². The van der Waals surface area contributed by atoms with Crippen molar-refractivity contribution in [2.45, 2.75) is 73.0 Å². The van der Waals surface area contributed by atoms with Gasteiger partial charge in [0.25, 0.3) is 0 Å². The molecule has 6 nitrogen and oxygen atoms in total. The van der Waals surface area contributed by atoms with Crippen LogP contribution in [0.2, 0.25) is 0 Å². The van der Waals surface area contributed by atoms with Crippen LogP contribution in [0, 0.1) is 12.3 Å². The Hall–Kier alpha value is -3.54. The highest BCUT2D eigenvalue weighted by Crippen LogP contribution is 2.36. The first-order valence-electron chi connectivity index (χ1n) is 13.4. The van der Waals surface area contributed by atoms with Gasteiger partial charge >= 0.3 is 5.97 Å². The van der Waals surface area contributed by atoms with Gasteiger partial charge in [-0.25, -0.2) is 4.79 Å². The minimum absolute atomic E-state index is 0.0765. The van der Waals surface area contributed by atoms with Gasteiger partial charge in [0.05, 0.1) is 22.6 Å². The van der Waals surface area contributed by atoms with Crippen molar-refractivity contribution in [3.8, 4) is 0 Å². The molecule has 1 aromatic heterocycles. The van der Waals surface area contributed by atoms with Crippen molar-refractivity contribution in [3.05, 3.63) is 75.5 Å². The molecule has 1 aliphatic heterocycles. The second-order valence-corrected chi connectivity index (χ2v) is 12.1. The van der Waals surface area contributed by atoms with Crippen LogP contribution >= 0.6 is 0 Å². The predicted octanol–water partition coefficient (Wildman–Crippen LogP) is 7.50. The maximum atomic E-state index is 13.7. The molecule has 202 valence electrons. The average Bonchev–Trinajstić information content (AvgIpc) is 2.83. The van der Waals surface area contributed by atoms with Gasteiger partial charge in [-0.2, -0.15) is 0 Å². The summed E-state index contributed by atoms with van der Waals surface area (Å²) in [5.41, 5.74) is 3.57. The molecular weight excluding hydrogens is 476 g/mol. The number of piperidine rings is 1. The standard InChI is InChI=1S/C32H40N2O4/c1-9-22-27(35)25-19-20(2)18-24(28(25)37-29(22)34-16-14-32(7,8)15-17-34)21(3)33-26-13-11-10-12-23(26)30(36)38-31(4,5)6/h9-13,18-19,21,33H,1,14-17H2,2-8H3. The second-order valence-electron chi connectivity index (χ2n) is 12.1. The number of para-hydroxylation sites is 1. The van der Waals surface area contributed by atoms with Gasteiger partial charge in [-0.3, -0.25) is 4.79 Å². The minimum atomic E-state index is -0.602. The van der Waals surface area contributed by atoms with Crippen molar-refractivity contribution in [3.63, 3.8) is 0 Å². The number of carbonyl (C=O) groups excluding carboxylic acids is 1. The van der Waals surface area contributed by atoms with E-state index in [2.05, 4.69) is 30.6 Å². The average molecular weight is 517 g/mol. The largest absolute Gasteiger partial charge is 0.456 e. The quantitative estimate of drug-likeness (QED) is 0.342. The van der Waals surface area contributed by atoms with Crippen LogP contribution in [-0.4, -0.2) is 24.7 Å². The van der Waals surface area contributed by atoms with Gasteiger partial charge in [0.2, 0.25) is 11.3 Å². The smallest absolute Gasteiger partial charge is 0.340 e. The van der Waals surface area contributed by atoms with E-state index in [9.17, 15) is 9.59 Å². The van der Waals surface area contributed by atoms with E-state index >= 15 is 0 Å². The molecule has 1 aliphatic rings. The maximum absolute atomic E-state index is 13.7. The van der Waals surface area contributed by atoms with E-state index in [0.717, 1.165) is 37.1 Å². The highest BCUT2D eigenvalue weighted by Gasteiger charge is 2.29. The highest BCUT2D eigenvalue weighted by molar-refractivity contribution is 5.96. The number of esters is 1. The van der Waals surface area contributed by atoms with E-state index in [-0.39, 0.29) is 22.9 Å². The summed E-state index contributed by atoms with van der Waals surface area (Å²) < 4.78 is 12.2. The Labute approximate surface area is 225 Å². The summed E-state index contributed by atoms with van der Waals surface area (Å²) in [5, 5.41) is 4.01. The molecule has 0 aliphatic carbocycles. The molecule has 0 bridgehead atoms. The molecule has 0 radical (unpaired) electrons. The van der Waals surface area contributed by atoms with Crippen LogP contribution in [0.5, 0.6) is 0 Å². The highest BCUT2D eigenvalue weighted by atomic mass is 16.6. The molecule has 38 heavy (non-hydrogen) atoms. The second kappa shape index (κ2) is 10.3. The number of ether oxygens (including phenoxy) is 1. The first kappa shape index (κ1) is 27.5. The van der Waals surface area contributed by atoms with Crippen LogP contribution in [0.15, 0.2) is 52.2 Å². The fourth-order valence-corrected chi connectivity index (χ4v) is 4.96. The minimum Gasteiger partial charge on any atom is -0.456 e. The molecule has 0 amide bonds. The molecule has 1 fully saturated rings. The monoisotopic (exact) mass is 516 g/mol. The summed E-state index contributed by atoms with van der Waals surface area (Å²) in [6.45, 7) is 19.6. The third-order valence-corrected chi connectivity index (χ3v) is 7.17. The number of fused-ring (bicyclic) bond motifs is 1. The van der Waals surface area contributed by atoms with Crippen LogP contribution in [0.3, 0.4) is 0 Å². The van der Waals surface area contributed by atoms with Gasteiger partial charge in [0.15, 0.2) is 0 Å². The molecule has 6 heteroatoms. The Balaban J connectivity index is 1.77. The summed E-state index contributed by atoms with van der Waals surface area (Å²) >= 11 is 0. The van der Waals surface area contributed by atoms with E-state index in [1.807, 2.05) is 65.0 Å². The van der Waals surface area contributed by atoms with Crippen LogP contribution < -0.4 is 15.6 Å². The number of anilines is 2. The van der Waals surface area contributed by atoms with Crippen molar-refractivity contribution in [1.29, 1.82) is 0 Å². The Morgan fingerprint density at radius 2 is 1.84 bits per heavy atom. The molecular formula is C32H40N2O4. The topological polar surface area (TPSA) is 71.8 Å². The number of nitrogens with one attached hydrogen (secondary N) is 1. The summed E-state index contributed by atoms with van der Waals surface area (Å²) in [6, 6.07) is 11.0. The Bertz CT molecular complexity index is 1420. The molecule has 0 spiro atoms. The third-order valence-electron chi connectivity index (χ3n) is 7.17. The fourth-order valence-electron chi connectivity index (χ4n) is 4.96. The zero-order chi connectivity index (χ0) is 27.8. The first-order valence-corrected chi connectivity index (χ1v) is 13.4. The summed E-state index contributed by atoms with van der Waals surface area (Å²) in [6.07, 6.45) is 3.65. The lowest BCUT2D eigenvalue weighted by Crippen LogP contribution is -2.38. The molecule has 4 rings (SSSR count). The Morgan fingerprint density at radius 1 is 1.18 bits per heavy atom. The van der Waals surface area contributed by atoms with Crippen LogP contribution in [0.25, 0.3) is 17.0 Å². The number of hydrogen-bond acceptors (Lipinski definition) is 6. The fraction of sp³-hybridized carbons (Fsp3) is 0.438. The first-order chi connectivity index (χ1) is 17.8. The number of aryl methyl sites for hydroxylation is 1. The van der Waals surface area contributed by atoms with Gasteiger partial charge < -0.3 is 19.4 Å². The van der Waals surface area contributed by atoms with E-state index in [0.29, 0.717) is 33.7 Å². The zero-order valence-electron chi connectivity index (χ0n) is 23.7. The van der Waals surface area contributed by atoms with Crippen molar-refractivity contribution < 1.29 is 13.9 Å². The SMILES string of the molecule is C=Cc1c(N2CCC(C)(C)CC2)oc2c(C(C)Nc3ccccc3C(=O)OC(C)(C)C)cc(C)cc2c1=O. The van der Waals surface area contributed by atoms with E-state index in [1.165, 1.54) is 0 Å². The molecule has 2 heterocycles. The van der Waals surface area contributed by atoms with Crippen molar-refractivity contribution in [2.75, 3.05) is 23.3 Å². The van der Waals surface area contributed by atoms with Gasteiger partial charge in [-0.05, 0) is 76.6 Å². The Kier molecular flexibility index (Phi) is 7.46. The van der Waals surface area contributed by atoms with Gasteiger partial charge in [-0.15, -0.1) is 0 Å². The number of benzene rings is 2. The number of rotatable bonds is 6. The van der Waals surface area contributed by atoms with Gasteiger partial charge in [0, 0.05) is 24.3 Å². The van der Waals surface area contributed by atoms with Gasteiger partial charge in [-0.1, -0.05) is 44.7 Å². The molecule has 1 saturated heterocycles. The molecule has 3 aromatic rings. The lowest BCUT2D eigenvalue weighted by Gasteiger charge is -2.37. The summed E-state index contributed by atoms with van der Waals surface area (Å²) in [5.74, 6) is 0.193. The van der Waals surface area contributed by atoms with Gasteiger partial charge in [0.1, 0.15) is 11.2 Å². The van der Waals surface area contributed by atoms with Crippen LogP contribution in [-0.2, 0) is 4.74 Å².